The monoisotopic (exact) mass is 287 g/mol. The van der Waals surface area contributed by atoms with Crippen molar-refractivity contribution in [1.29, 1.82) is 0 Å². The van der Waals surface area contributed by atoms with E-state index in [9.17, 15) is 14.9 Å². The molecular formula is C11H14ClN3O4. The van der Waals surface area contributed by atoms with Crippen molar-refractivity contribution >= 4 is 23.2 Å². The summed E-state index contributed by atoms with van der Waals surface area (Å²) in [5.74, 6) is 4.72. The molecule has 0 radical (unpaired) electrons. The maximum Gasteiger partial charge on any atom is 0.312 e. The molecule has 0 saturated carbocycles. The van der Waals surface area contributed by atoms with Gasteiger partial charge < -0.3 is 4.74 Å². The smallest absolute Gasteiger partial charge is 0.312 e. The molecule has 1 aromatic carbocycles. The highest BCUT2D eigenvalue weighted by Crippen LogP contribution is 2.34. The van der Waals surface area contributed by atoms with Crippen molar-refractivity contribution in [2.75, 3.05) is 6.61 Å². The van der Waals surface area contributed by atoms with Gasteiger partial charge in [-0.15, -0.1) is 0 Å². The average molecular weight is 288 g/mol. The van der Waals surface area contributed by atoms with Gasteiger partial charge in [0.05, 0.1) is 16.6 Å². The van der Waals surface area contributed by atoms with Crippen molar-refractivity contribution in [3.8, 4) is 5.75 Å². The number of carbonyl (C=O) groups is 1. The molecule has 1 aromatic rings. The SMILES string of the molecule is NNC(=O)CCCCOc1c(Cl)cccc1[N+](=O)[O-]. The first-order valence-corrected chi connectivity index (χ1v) is 5.99. The van der Waals surface area contributed by atoms with E-state index in [1.165, 1.54) is 18.2 Å². The van der Waals surface area contributed by atoms with Gasteiger partial charge in [0.1, 0.15) is 0 Å². The first-order chi connectivity index (χ1) is 9.06. The van der Waals surface area contributed by atoms with Crippen molar-refractivity contribution < 1.29 is 14.5 Å². The minimum Gasteiger partial charge on any atom is -0.486 e. The fourth-order valence-electron chi connectivity index (χ4n) is 1.42. The van der Waals surface area contributed by atoms with Crippen LogP contribution in [0.25, 0.3) is 0 Å². The summed E-state index contributed by atoms with van der Waals surface area (Å²) in [4.78, 5) is 21.1. The number of hydrazine groups is 1. The second-order valence-corrected chi connectivity index (χ2v) is 4.13. The van der Waals surface area contributed by atoms with Crippen LogP contribution in [0.3, 0.4) is 0 Å². The lowest BCUT2D eigenvalue weighted by molar-refractivity contribution is -0.385. The molecule has 104 valence electrons. The van der Waals surface area contributed by atoms with Gasteiger partial charge in [-0.05, 0) is 18.9 Å². The second kappa shape index (κ2) is 7.55. The molecule has 3 N–H and O–H groups in total. The first-order valence-electron chi connectivity index (χ1n) is 5.61. The van der Waals surface area contributed by atoms with E-state index in [2.05, 4.69) is 0 Å². The molecule has 7 nitrogen and oxygen atoms in total. The molecular weight excluding hydrogens is 274 g/mol. The number of amides is 1. The van der Waals surface area contributed by atoms with Gasteiger partial charge in [-0.2, -0.15) is 0 Å². The number of para-hydroxylation sites is 1. The normalized spacial score (nSPS) is 10.0. The average Bonchev–Trinajstić information content (AvgIpc) is 2.39. The lowest BCUT2D eigenvalue weighted by Crippen LogP contribution is -2.29. The lowest BCUT2D eigenvalue weighted by Gasteiger charge is -2.08. The third-order valence-corrected chi connectivity index (χ3v) is 2.65. The van der Waals surface area contributed by atoms with Crippen LogP contribution in [0.15, 0.2) is 18.2 Å². The number of carbonyl (C=O) groups excluding carboxylic acids is 1. The van der Waals surface area contributed by atoms with Gasteiger partial charge in [-0.1, -0.05) is 17.7 Å². The number of benzene rings is 1. The number of rotatable bonds is 7. The zero-order chi connectivity index (χ0) is 14.3. The fourth-order valence-corrected chi connectivity index (χ4v) is 1.64. The number of nitro benzene ring substituents is 1. The molecule has 19 heavy (non-hydrogen) atoms. The summed E-state index contributed by atoms with van der Waals surface area (Å²) in [6.45, 7) is 0.239. The van der Waals surface area contributed by atoms with Crippen molar-refractivity contribution in [1.82, 2.24) is 5.43 Å². The molecule has 0 spiro atoms. The Morgan fingerprint density at radius 3 is 2.84 bits per heavy atom. The number of nitrogens with zero attached hydrogens (tertiary/aromatic N) is 1. The summed E-state index contributed by atoms with van der Waals surface area (Å²) in [7, 11) is 0. The molecule has 1 rings (SSSR count). The third kappa shape index (κ3) is 4.72. The zero-order valence-electron chi connectivity index (χ0n) is 10.1. The Morgan fingerprint density at radius 1 is 1.47 bits per heavy atom. The topological polar surface area (TPSA) is 107 Å². The quantitative estimate of drug-likeness (QED) is 0.261. The molecule has 1 amide bonds. The van der Waals surface area contributed by atoms with Gasteiger partial charge in [-0.25, -0.2) is 5.84 Å². The first kappa shape index (κ1) is 15.2. The number of nitrogens with two attached hydrogens (primary N) is 1. The highest BCUT2D eigenvalue weighted by atomic mass is 35.5. The zero-order valence-corrected chi connectivity index (χ0v) is 10.9. The van der Waals surface area contributed by atoms with E-state index < -0.39 is 4.92 Å². The highest BCUT2D eigenvalue weighted by molar-refractivity contribution is 6.32. The van der Waals surface area contributed by atoms with Gasteiger partial charge in [-0.3, -0.25) is 20.3 Å². The van der Waals surface area contributed by atoms with Crippen LogP contribution in [0.1, 0.15) is 19.3 Å². The summed E-state index contributed by atoms with van der Waals surface area (Å²) >= 11 is 5.85. The van der Waals surface area contributed by atoms with Crippen molar-refractivity contribution in [3.05, 3.63) is 33.3 Å². The number of halogens is 1. The predicted molar refractivity (Wildman–Crippen MR) is 69.8 cm³/mol. The van der Waals surface area contributed by atoms with Crippen LogP contribution in [0.4, 0.5) is 5.69 Å². The number of hydrogen-bond acceptors (Lipinski definition) is 5. The van der Waals surface area contributed by atoms with Gasteiger partial charge in [0.15, 0.2) is 0 Å². The van der Waals surface area contributed by atoms with E-state index in [1.807, 2.05) is 5.43 Å². The van der Waals surface area contributed by atoms with Crippen molar-refractivity contribution in [2.24, 2.45) is 5.84 Å². The van der Waals surface area contributed by atoms with E-state index in [4.69, 9.17) is 22.2 Å². The van der Waals surface area contributed by atoms with Crippen LogP contribution in [0.5, 0.6) is 5.75 Å². The molecule has 0 aliphatic rings. The lowest BCUT2D eigenvalue weighted by atomic mass is 10.2. The standard InChI is InChI=1S/C11H14ClN3O4/c12-8-4-3-5-9(15(17)18)11(8)19-7-2-1-6-10(16)14-13/h3-5H,1-2,6-7,13H2,(H,14,16). The number of nitro groups is 1. The van der Waals surface area contributed by atoms with Crippen molar-refractivity contribution in [2.45, 2.75) is 19.3 Å². The van der Waals surface area contributed by atoms with Gasteiger partial charge in [0.25, 0.3) is 0 Å². The maximum atomic E-state index is 10.9. The molecule has 0 saturated heterocycles. The number of nitrogens with one attached hydrogen (secondary N) is 1. The Labute approximate surface area is 114 Å². The molecule has 0 unspecified atom stereocenters. The summed E-state index contributed by atoms with van der Waals surface area (Å²) in [5.41, 5.74) is 1.84. The highest BCUT2D eigenvalue weighted by Gasteiger charge is 2.17. The molecule has 0 bridgehead atoms. The number of ether oxygens (including phenoxy) is 1. The Kier molecular flexibility index (Phi) is 6.04. The Morgan fingerprint density at radius 2 is 2.21 bits per heavy atom. The number of unbranched alkanes of at least 4 members (excludes halogenated alkanes) is 1. The van der Waals surface area contributed by atoms with Gasteiger partial charge in [0, 0.05) is 12.5 Å². The van der Waals surface area contributed by atoms with E-state index in [-0.39, 0.29) is 35.4 Å². The van der Waals surface area contributed by atoms with Crippen LogP contribution >= 0.6 is 11.6 Å². The van der Waals surface area contributed by atoms with Crippen LogP contribution in [0.2, 0.25) is 5.02 Å². The second-order valence-electron chi connectivity index (χ2n) is 3.72. The maximum absolute atomic E-state index is 10.9. The van der Waals surface area contributed by atoms with Crippen LogP contribution in [0, 0.1) is 10.1 Å². The van der Waals surface area contributed by atoms with Gasteiger partial charge >= 0.3 is 5.69 Å². The molecule has 8 heteroatoms. The number of hydrogen-bond donors (Lipinski definition) is 2. The van der Waals surface area contributed by atoms with E-state index in [0.29, 0.717) is 12.8 Å². The Hall–Kier alpha value is -1.86. The molecule has 0 aliphatic heterocycles. The fraction of sp³-hybridized carbons (Fsp3) is 0.364. The van der Waals surface area contributed by atoms with E-state index in [1.54, 1.807) is 0 Å². The molecule has 0 aromatic heterocycles. The van der Waals surface area contributed by atoms with Gasteiger partial charge in [0.2, 0.25) is 11.7 Å². The Balaban J connectivity index is 2.49. The largest absolute Gasteiger partial charge is 0.486 e. The van der Waals surface area contributed by atoms with Crippen LogP contribution in [-0.2, 0) is 4.79 Å². The third-order valence-electron chi connectivity index (χ3n) is 2.35. The van der Waals surface area contributed by atoms with Crippen LogP contribution in [-0.4, -0.2) is 17.4 Å². The minimum absolute atomic E-state index is 0.0532. The van der Waals surface area contributed by atoms with Crippen molar-refractivity contribution in [3.63, 3.8) is 0 Å². The molecule has 0 heterocycles. The van der Waals surface area contributed by atoms with E-state index in [0.717, 1.165) is 0 Å². The summed E-state index contributed by atoms with van der Waals surface area (Å²) < 4.78 is 5.31. The summed E-state index contributed by atoms with van der Waals surface area (Å²) in [6.07, 6.45) is 1.42. The minimum atomic E-state index is -0.552. The predicted octanol–water partition coefficient (Wildman–Crippen LogP) is 1.79. The molecule has 0 fully saturated rings. The Bertz CT molecular complexity index is 467. The molecule has 0 atom stereocenters. The van der Waals surface area contributed by atoms with Crippen LogP contribution < -0.4 is 16.0 Å². The van der Waals surface area contributed by atoms with E-state index >= 15 is 0 Å². The summed E-state index contributed by atoms with van der Waals surface area (Å²) in [5, 5.41) is 11.0. The summed E-state index contributed by atoms with van der Waals surface area (Å²) in [6, 6.07) is 4.33. The molecule has 0 aliphatic carbocycles.